The number of aromatic nitrogens is 3. The lowest BCUT2D eigenvalue weighted by atomic mass is 10.2. The highest BCUT2D eigenvalue weighted by Gasteiger charge is 2.01. The zero-order valence-corrected chi connectivity index (χ0v) is 11.3. The molecule has 2 aromatic rings. The molecule has 0 aliphatic rings. The van der Waals surface area contributed by atoms with Gasteiger partial charge in [0.05, 0.1) is 12.2 Å². The topological polar surface area (TPSA) is 62.7 Å². The third kappa shape index (κ3) is 3.91. The zero-order chi connectivity index (χ0) is 13.5. The minimum absolute atomic E-state index is 0.657. The van der Waals surface area contributed by atoms with E-state index in [0.717, 1.165) is 24.5 Å². The summed E-state index contributed by atoms with van der Waals surface area (Å²) >= 11 is 0. The summed E-state index contributed by atoms with van der Waals surface area (Å²) in [6.07, 6.45) is 4.60. The van der Waals surface area contributed by atoms with Gasteiger partial charge in [-0.3, -0.25) is 4.98 Å². The molecule has 2 rings (SSSR count). The molecule has 2 aromatic heterocycles. The molecule has 0 amide bonds. The lowest BCUT2D eigenvalue weighted by Gasteiger charge is -2.08. The molecule has 5 nitrogen and oxygen atoms in total. The van der Waals surface area contributed by atoms with E-state index in [-0.39, 0.29) is 0 Å². The van der Waals surface area contributed by atoms with E-state index in [1.54, 1.807) is 12.4 Å². The van der Waals surface area contributed by atoms with Crippen molar-refractivity contribution < 1.29 is 0 Å². The maximum atomic E-state index is 4.39. The van der Waals surface area contributed by atoms with Crippen molar-refractivity contribution in [2.45, 2.75) is 26.8 Å². The van der Waals surface area contributed by atoms with Crippen molar-refractivity contribution in [3.8, 4) is 0 Å². The Morgan fingerprint density at radius 2 is 2.00 bits per heavy atom. The van der Waals surface area contributed by atoms with Crippen LogP contribution in [0.5, 0.6) is 0 Å². The molecule has 0 saturated heterocycles. The van der Waals surface area contributed by atoms with Crippen molar-refractivity contribution >= 4 is 11.8 Å². The van der Waals surface area contributed by atoms with Gasteiger partial charge in [0.25, 0.3) is 0 Å². The minimum Gasteiger partial charge on any atom is -0.364 e. The second-order valence-electron chi connectivity index (χ2n) is 4.31. The predicted molar refractivity (Wildman–Crippen MR) is 77.1 cm³/mol. The van der Waals surface area contributed by atoms with Crippen LogP contribution in [0.3, 0.4) is 0 Å². The smallest absolute Gasteiger partial charge is 0.224 e. The Kier molecular flexibility index (Phi) is 4.66. The second kappa shape index (κ2) is 6.68. The number of pyridine rings is 1. The van der Waals surface area contributed by atoms with Gasteiger partial charge in [-0.15, -0.1) is 0 Å². The predicted octanol–water partition coefficient (Wildman–Crippen LogP) is 2.61. The van der Waals surface area contributed by atoms with E-state index in [4.69, 9.17) is 0 Å². The van der Waals surface area contributed by atoms with Crippen LogP contribution in [0.2, 0.25) is 0 Å². The van der Waals surface area contributed by atoms with Gasteiger partial charge in [-0.2, -0.15) is 4.98 Å². The summed E-state index contributed by atoms with van der Waals surface area (Å²) in [5.74, 6) is 1.46. The summed E-state index contributed by atoms with van der Waals surface area (Å²) in [7, 11) is 0. The van der Waals surface area contributed by atoms with Crippen LogP contribution in [-0.2, 0) is 6.54 Å². The van der Waals surface area contributed by atoms with Crippen LogP contribution in [0.15, 0.2) is 30.6 Å². The summed E-state index contributed by atoms with van der Waals surface area (Å²) in [6.45, 7) is 5.71. The van der Waals surface area contributed by atoms with E-state index < -0.39 is 0 Å². The second-order valence-corrected chi connectivity index (χ2v) is 4.31. The van der Waals surface area contributed by atoms with Crippen LogP contribution in [0.25, 0.3) is 0 Å². The van der Waals surface area contributed by atoms with Gasteiger partial charge in [0.2, 0.25) is 5.95 Å². The maximum Gasteiger partial charge on any atom is 0.224 e. The lowest BCUT2D eigenvalue weighted by molar-refractivity contribution is 0.946. The Labute approximate surface area is 113 Å². The molecular weight excluding hydrogens is 238 g/mol. The van der Waals surface area contributed by atoms with Crippen LogP contribution < -0.4 is 10.6 Å². The monoisotopic (exact) mass is 257 g/mol. The highest BCUT2D eigenvalue weighted by Crippen LogP contribution is 2.09. The highest BCUT2D eigenvalue weighted by atomic mass is 15.1. The van der Waals surface area contributed by atoms with Crippen molar-refractivity contribution in [2.75, 3.05) is 17.2 Å². The number of aryl methyl sites for hydroxylation is 1. The molecule has 0 spiro atoms. The van der Waals surface area contributed by atoms with Crippen LogP contribution in [0.4, 0.5) is 11.8 Å². The van der Waals surface area contributed by atoms with Crippen LogP contribution in [-0.4, -0.2) is 21.5 Å². The van der Waals surface area contributed by atoms with Gasteiger partial charge in [0.15, 0.2) is 0 Å². The number of hydrogen-bond donors (Lipinski definition) is 2. The van der Waals surface area contributed by atoms with Crippen molar-refractivity contribution in [3.05, 3.63) is 41.9 Å². The highest BCUT2D eigenvalue weighted by molar-refractivity contribution is 5.40. The summed E-state index contributed by atoms with van der Waals surface area (Å²) < 4.78 is 0. The Balaban J connectivity index is 1.98. The molecule has 0 aliphatic carbocycles. The molecule has 0 bridgehead atoms. The molecule has 0 atom stereocenters. The molecule has 19 heavy (non-hydrogen) atoms. The molecule has 0 fully saturated rings. The van der Waals surface area contributed by atoms with Gasteiger partial charge in [-0.05, 0) is 31.0 Å². The van der Waals surface area contributed by atoms with Crippen molar-refractivity contribution in [1.29, 1.82) is 0 Å². The van der Waals surface area contributed by atoms with E-state index in [2.05, 4.69) is 45.5 Å². The first-order chi connectivity index (χ1) is 9.29. The summed E-state index contributed by atoms with van der Waals surface area (Å²) in [5.41, 5.74) is 2.21. The van der Waals surface area contributed by atoms with E-state index >= 15 is 0 Å². The molecule has 100 valence electrons. The van der Waals surface area contributed by atoms with Gasteiger partial charge in [-0.1, -0.05) is 13.0 Å². The van der Waals surface area contributed by atoms with Gasteiger partial charge >= 0.3 is 0 Å². The number of nitrogens with one attached hydrogen (secondary N) is 2. The first kappa shape index (κ1) is 13.3. The summed E-state index contributed by atoms with van der Waals surface area (Å²) in [4.78, 5) is 12.9. The van der Waals surface area contributed by atoms with E-state index in [1.807, 2.05) is 12.1 Å². The maximum absolute atomic E-state index is 4.39. The first-order valence-corrected chi connectivity index (χ1v) is 6.51. The van der Waals surface area contributed by atoms with Crippen LogP contribution in [0.1, 0.15) is 24.6 Å². The third-order valence-corrected chi connectivity index (χ3v) is 2.74. The molecule has 0 saturated carbocycles. The van der Waals surface area contributed by atoms with E-state index in [0.29, 0.717) is 12.5 Å². The Hall–Kier alpha value is -2.17. The fourth-order valence-corrected chi connectivity index (χ4v) is 1.66. The zero-order valence-electron chi connectivity index (χ0n) is 11.3. The fourth-order valence-electron chi connectivity index (χ4n) is 1.66. The first-order valence-electron chi connectivity index (χ1n) is 6.51. The molecule has 0 radical (unpaired) electrons. The number of anilines is 2. The van der Waals surface area contributed by atoms with Gasteiger partial charge in [0.1, 0.15) is 5.82 Å². The average Bonchev–Trinajstić information content (AvgIpc) is 2.45. The molecule has 0 unspecified atom stereocenters. The fraction of sp³-hybridized carbons (Fsp3) is 0.357. The van der Waals surface area contributed by atoms with E-state index in [1.165, 1.54) is 5.56 Å². The lowest BCUT2D eigenvalue weighted by Crippen LogP contribution is -2.08. The molecule has 0 aliphatic heterocycles. The Morgan fingerprint density at radius 3 is 2.79 bits per heavy atom. The largest absolute Gasteiger partial charge is 0.364 e. The standard InChI is InChI=1S/C14H19N5/c1-3-7-16-14-17-9-6-13(19-14)18-10-12-11(2)5-4-8-15-12/h4-6,8-9H,3,7,10H2,1-2H3,(H2,16,17,18,19). The van der Waals surface area contributed by atoms with Gasteiger partial charge in [0, 0.05) is 18.9 Å². The number of rotatable bonds is 6. The molecule has 5 heteroatoms. The normalized spacial score (nSPS) is 10.2. The van der Waals surface area contributed by atoms with Crippen molar-refractivity contribution in [2.24, 2.45) is 0 Å². The Bertz CT molecular complexity index is 527. The summed E-state index contributed by atoms with van der Waals surface area (Å²) in [6, 6.07) is 5.85. The molecule has 2 heterocycles. The van der Waals surface area contributed by atoms with E-state index in [9.17, 15) is 0 Å². The molecular formula is C14H19N5. The van der Waals surface area contributed by atoms with Crippen LogP contribution >= 0.6 is 0 Å². The van der Waals surface area contributed by atoms with Crippen molar-refractivity contribution in [3.63, 3.8) is 0 Å². The Morgan fingerprint density at radius 1 is 1.11 bits per heavy atom. The number of nitrogens with zero attached hydrogens (tertiary/aromatic N) is 3. The SMILES string of the molecule is CCCNc1nccc(NCc2ncccc2C)n1. The molecule has 0 aromatic carbocycles. The van der Waals surface area contributed by atoms with Crippen molar-refractivity contribution in [1.82, 2.24) is 15.0 Å². The quantitative estimate of drug-likeness (QED) is 0.833. The third-order valence-electron chi connectivity index (χ3n) is 2.74. The molecule has 2 N–H and O–H groups in total. The average molecular weight is 257 g/mol. The summed E-state index contributed by atoms with van der Waals surface area (Å²) in [5, 5.41) is 6.43. The minimum atomic E-state index is 0.657. The van der Waals surface area contributed by atoms with Crippen LogP contribution in [0, 0.1) is 6.92 Å². The van der Waals surface area contributed by atoms with Gasteiger partial charge < -0.3 is 10.6 Å². The number of hydrogen-bond acceptors (Lipinski definition) is 5. The van der Waals surface area contributed by atoms with Gasteiger partial charge in [-0.25, -0.2) is 4.98 Å².